The lowest BCUT2D eigenvalue weighted by atomic mass is 9.95. The number of ether oxygens (including phenoxy) is 1. The Morgan fingerprint density at radius 3 is 2.59 bits per heavy atom. The van der Waals surface area contributed by atoms with Gasteiger partial charge in [0, 0.05) is 34.8 Å². The number of thiazole rings is 1. The van der Waals surface area contributed by atoms with Crippen LogP contribution < -0.4 is 9.64 Å². The first kappa shape index (κ1) is 26.2. The van der Waals surface area contributed by atoms with Crippen LogP contribution in [-0.2, 0) is 16.0 Å². The van der Waals surface area contributed by atoms with Gasteiger partial charge in [-0.05, 0) is 35.7 Å². The van der Waals surface area contributed by atoms with Gasteiger partial charge in [0.05, 0.1) is 25.1 Å². The summed E-state index contributed by atoms with van der Waals surface area (Å²) in [5, 5.41) is 12.0. The number of methoxy groups -OCH3 is 1. The third-order valence-electron chi connectivity index (χ3n) is 5.77. The predicted octanol–water partition coefficient (Wildman–Crippen LogP) is 5.97. The highest BCUT2D eigenvalue weighted by atomic mass is 35.5. The zero-order chi connectivity index (χ0) is 26.5. The Bertz CT molecular complexity index is 1430. The summed E-state index contributed by atoms with van der Waals surface area (Å²) in [5.74, 6) is -2.87. The number of nitrogens with zero attached hydrogens (tertiary/aromatic N) is 3. The van der Waals surface area contributed by atoms with E-state index in [-0.39, 0.29) is 18.2 Å². The molecule has 0 aliphatic carbocycles. The summed E-state index contributed by atoms with van der Waals surface area (Å²) < 4.78 is 19.3. The van der Waals surface area contributed by atoms with Gasteiger partial charge in [0.2, 0.25) is 11.8 Å². The molecule has 0 saturated carbocycles. The summed E-state index contributed by atoms with van der Waals surface area (Å²) in [4.78, 5) is 34.8. The Labute approximate surface area is 222 Å². The molecular formula is C27H23ClFN3O4S. The zero-order valence-corrected chi connectivity index (χ0v) is 21.6. The average Bonchev–Trinajstić information content (AvgIpc) is 3.38. The SMILES string of the molecule is COc1ncc(-c2ccc(Cl)cc2-c2csc(N(C)C(=O)C(CC(=O)O)Cc3ccccc3)n2)cc1F. The Morgan fingerprint density at radius 1 is 1.16 bits per heavy atom. The molecule has 37 heavy (non-hydrogen) atoms. The molecule has 0 fully saturated rings. The number of rotatable bonds is 9. The minimum absolute atomic E-state index is 0.109. The summed E-state index contributed by atoms with van der Waals surface area (Å²) in [7, 11) is 2.92. The topological polar surface area (TPSA) is 92.6 Å². The molecular weight excluding hydrogens is 517 g/mol. The second-order valence-electron chi connectivity index (χ2n) is 8.30. The first-order valence-electron chi connectivity index (χ1n) is 11.3. The Morgan fingerprint density at radius 2 is 1.92 bits per heavy atom. The lowest BCUT2D eigenvalue weighted by Gasteiger charge is -2.21. The third kappa shape index (κ3) is 6.12. The molecule has 4 rings (SSSR count). The maximum atomic E-state index is 14.4. The highest BCUT2D eigenvalue weighted by molar-refractivity contribution is 7.14. The monoisotopic (exact) mass is 539 g/mol. The van der Waals surface area contributed by atoms with Crippen molar-refractivity contribution in [2.24, 2.45) is 5.92 Å². The molecule has 0 aliphatic heterocycles. The van der Waals surface area contributed by atoms with E-state index in [1.54, 1.807) is 30.6 Å². The molecule has 2 aromatic carbocycles. The molecule has 1 amide bonds. The Balaban J connectivity index is 1.64. The fourth-order valence-corrected chi connectivity index (χ4v) is 4.94. The number of aromatic nitrogens is 2. The van der Waals surface area contributed by atoms with Crippen LogP contribution in [0.2, 0.25) is 5.02 Å². The van der Waals surface area contributed by atoms with E-state index in [0.717, 1.165) is 5.56 Å². The second kappa shape index (κ2) is 11.5. The number of aliphatic carboxylic acids is 1. The first-order chi connectivity index (χ1) is 17.8. The van der Waals surface area contributed by atoms with Crippen LogP contribution >= 0.6 is 22.9 Å². The summed E-state index contributed by atoms with van der Waals surface area (Å²) >= 11 is 7.50. The van der Waals surface area contributed by atoms with Crippen LogP contribution in [0.15, 0.2) is 66.2 Å². The number of hydrogen-bond donors (Lipinski definition) is 1. The van der Waals surface area contributed by atoms with Gasteiger partial charge in [-0.3, -0.25) is 14.5 Å². The van der Waals surface area contributed by atoms with E-state index in [0.29, 0.717) is 39.0 Å². The van der Waals surface area contributed by atoms with Crippen LogP contribution in [0.4, 0.5) is 9.52 Å². The molecule has 10 heteroatoms. The van der Waals surface area contributed by atoms with Gasteiger partial charge in [-0.15, -0.1) is 11.3 Å². The molecule has 0 bridgehead atoms. The molecule has 1 N–H and O–H groups in total. The molecule has 0 spiro atoms. The van der Waals surface area contributed by atoms with Crippen molar-refractivity contribution in [3.8, 4) is 28.3 Å². The van der Waals surface area contributed by atoms with Crippen LogP contribution in [-0.4, -0.2) is 41.1 Å². The molecule has 1 unspecified atom stereocenters. The van der Waals surface area contributed by atoms with Crippen molar-refractivity contribution in [2.75, 3.05) is 19.1 Å². The minimum Gasteiger partial charge on any atom is -0.481 e. The van der Waals surface area contributed by atoms with Crippen LogP contribution in [0.25, 0.3) is 22.4 Å². The number of halogens is 2. The predicted molar refractivity (Wildman–Crippen MR) is 142 cm³/mol. The molecule has 2 heterocycles. The number of carboxylic acids is 1. The largest absolute Gasteiger partial charge is 0.481 e. The molecule has 7 nitrogen and oxygen atoms in total. The lowest BCUT2D eigenvalue weighted by Crippen LogP contribution is -2.35. The van der Waals surface area contributed by atoms with Gasteiger partial charge in [-0.1, -0.05) is 48.0 Å². The van der Waals surface area contributed by atoms with Crippen molar-refractivity contribution in [1.82, 2.24) is 9.97 Å². The van der Waals surface area contributed by atoms with E-state index in [4.69, 9.17) is 16.3 Å². The number of carbonyl (C=O) groups excluding carboxylic acids is 1. The van der Waals surface area contributed by atoms with Gasteiger partial charge in [0.1, 0.15) is 0 Å². The van der Waals surface area contributed by atoms with E-state index < -0.39 is 17.7 Å². The van der Waals surface area contributed by atoms with Gasteiger partial charge in [0.25, 0.3) is 0 Å². The van der Waals surface area contributed by atoms with Crippen molar-refractivity contribution in [2.45, 2.75) is 12.8 Å². The highest BCUT2D eigenvalue weighted by Crippen LogP contribution is 2.37. The molecule has 0 aliphatic rings. The molecule has 1 atom stereocenters. The highest BCUT2D eigenvalue weighted by Gasteiger charge is 2.27. The first-order valence-corrected chi connectivity index (χ1v) is 12.5. The fourth-order valence-electron chi connectivity index (χ4n) is 3.97. The summed E-state index contributed by atoms with van der Waals surface area (Å²) in [5.41, 5.74) is 3.20. The van der Waals surface area contributed by atoms with Crippen molar-refractivity contribution in [3.63, 3.8) is 0 Å². The Kier molecular flexibility index (Phi) is 8.15. The standard InChI is InChI=1S/C27H23ClFN3O4S/c1-32(26(35)17(12-24(33)34)10-16-6-4-3-5-7-16)27-31-23(15-37-27)21-13-19(28)8-9-20(21)18-11-22(29)25(36-2)30-14-18/h3-9,11,13-15,17H,10,12H2,1-2H3,(H,33,34). The summed E-state index contributed by atoms with van der Waals surface area (Å²) in [6.45, 7) is 0. The van der Waals surface area contributed by atoms with E-state index in [1.165, 1.54) is 35.6 Å². The second-order valence-corrected chi connectivity index (χ2v) is 9.58. The van der Waals surface area contributed by atoms with E-state index in [2.05, 4.69) is 9.97 Å². The third-order valence-corrected chi connectivity index (χ3v) is 6.93. The summed E-state index contributed by atoms with van der Waals surface area (Å²) in [6, 6.07) is 15.7. The number of benzene rings is 2. The lowest BCUT2D eigenvalue weighted by molar-refractivity contribution is -0.140. The van der Waals surface area contributed by atoms with Gasteiger partial charge in [-0.25, -0.2) is 14.4 Å². The van der Waals surface area contributed by atoms with E-state index >= 15 is 0 Å². The average molecular weight is 540 g/mol. The van der Waals surface area contributed by atoms with Crippen LogP contribution in [0.3, 0.4) is 0 Å². The number of amides is 1. The maximum absolute atomic E-state index is 14.4. The molecule has 0 radical (unpaired) electrons. The zero-order valence-electron chi connectivity index (χ0n) is 20.0. The number of carbonyl (C=O) groups is 2. The van der Waals surface area contributed by atoms with Crippen molar-refractivity contribution in [1.29, 1.82) is 0 Å². The fraction of sp³-hybridized carbons (Fsp3) is 0.185. The van der Waals surface area contributed by atoms with Crippen LogP contribution in [0.1, 0.15) is 12.0 Å². The number of hydrogen-bond acceptors (Lipinski definition) is 6. The molecule has 4 aromatic rings. The molecule has 190 valence electrons. The van der Waals surface area contributed by atoms with Crippen LogP contribution in [0.5, 0.6) is 5.88 Å². The minimum atomic E-state index is -1.05. The van der Waals surface area contributed by atoms with Gasteiger partial charge < -0.3 is 9.84 Å². The Hall–Kier alpha value is -3.82. The van der Waals surface area contributed by atoms with E-state index in [9.17, 15) is 19.1 Å². The van der Waals surface area contributed by atoms with E-state index in [1.807, 2.05) is 30.3 Å². The normalized spacial score (nSPS) is 11.7. The van der Waals surface area contributed by atoms with Gasteiger partial charge in [-0.2, -0.15) is 0 Å². The molecule has 2 aromatic heterocycles. The quantitative estimate of drug-likeness (QED) is 0.282. The molecule has 0 saturated heterocycles. The number of anilines is 1. The van der Waals surface area contributed by atoms with Crippen LogP contribution in [0, 0.1) is 11.7 Å². The number of carboxylic acid groups (broad SMARTS) is 1. The maximum Gasteiger partial charge on any atom is 0.304 e. The summed E-state index contributed by atoms with van der Waals surface area (Å²) in [6.07, 6.45) is 1.49. The van der Waals surface area contributed by atoms with Crippen molar-refractivity contribution < 1.29 is 23.8 Å². The number of pyridine rings is 1. The van der Waals surface area contributed by atoms with Crippen molar-refractivity contribution >= 4 is 39.9 Å². The van der Waals surface area contributed by atoms with Crippen molar-refractivity contribution in [3.05, 3.63) is 82.6 Å². The van der Waals surface area contributed by atoms with Gasteiger partial charge >= 0.3 is 5.97 Å². The van der Waals surface area contributed by atoms with Gasteiger partial charge in [0.15, 0.2) is 10.9 Å². The smallest absolute Gasteiger partial charge is 0.304 e.